The number of ketones is 1. The molecule has 4 rings (SSSR count). The van der Waals surface area contributed by atoms with Crippen LogP contribution >= 0.6 is 0 Å². The Morgan fingerprint density at radius 1 is 1.30 bits per heavy atom. The van der Waals surface area contributed by atoms with Crippen LogP contribution < -0.4 is 5.32 Å². The zero-order valence-corrected chi connectivity index (χ0v) is 17.0. The molecule has 1 unspecified atom stereocenters. The highest BCUT2D eigenvalue weighted by molar-refractivity contribution is 6.01. The summed E-state index contributed by atoms with van der Waals surface area (Å²) in [6.07, 6.45) is 10.3. The number of aliphatic hydroxyl groups is 1. The van der Waals surface area contributed by atoms with Gasteiger partial charge in [-0.3, -0.25) is 9.59 Å². The van der Waals surface area contributed by atoms with E-state index in [1.54, 1.807) is 13.0 Å². The summed E-state index contributed by atoms with van der Waals surface area (Å²) in [6.45, 7) is 8.28. The van der Waals surface area contributed by atoms with E-state index in [0.29, 0.717) is 17.8 Å². The van der Waals surface area contributed by atoms with Crippen molar-refractivity contribution in [2.45, 2.75) is 71.9 Å². The molecule has 0 spiro atoms. The van der Waals surface area contributed by atoms with Crippen molar-refractivity contribution < 1.29 is 14.7 Å². The second-order valence-electron chi connectivity index (χ2n) is 9.97. The van der Waals surface area contributed by atoms with E-state index in [2.05, 4.69) is 32.2 Å². The topological polar surface area (TPSA) is 66.4 Å². The molecule has 0 saturated heterocycles. The highest BCUT2D eigenvalue weighted by atomic mass is 16.3. The lowest BCUT2D eigenvalue weighted by molar-refractivity contribution is -0.125. The van der Waals surface area contributed by atoms with E-state index in [0.717, 1.165) is 25.7 Å². The van der Waals surface area contributed by atoms with Gasteiger partial charge in [-0.05, 0) is 74.3 Å². The highest BCUT2D eigenvalue weighted by Crippen LogP contribution is 2.66. The summed E-state index contributed by atoms with van der Waals surface area (Å²) >= 11 is 0. The maximum absolute atomic E-state index is 11.9. The Labute approximate surface area is 162 Å². The average molecular weight is 372 g/mol. The van der Waals surface area contributed by atoms with Crippen LogP contribution in [0, 0.1) is 34.5 Å². The third-order valence-corrected chi connectivity index (χ3v) is 8.60. The fourth-order valence-electron chi connectivity index (χ4n) is 7.61. The monoisotopic (exact) mass is 371 g/mol. The van der Waals surface area contributed by atoms with Gasteiger partial charge in [0, 0.05) is 24.3 Å². The van der Waals surface area contributed by atoms with E-state index >= 15 is 0 Å². The molecule has 3 saturated carbocycles. The minimum Gasteiger partial charge on any atom is -0.393 e. The first kappa shape index (κ1) is 18.9. The van der Waals surface area contributed by atoms with Crippen molar-refractivity contribution >= 4 is 11.7 Å². The Hall–Kier alpha value is -1.42. The highest BCUT2D eigenvalue weighted by Gasteiger charge is 2.62. The van der Waals surface area contributed by atoms with Crippen molar-refractivity contribution in [2.24, 2.45) is 34.5 Å². The molecule has 4 heteroatoms. The van der Waals surface area contributed by atoms with E-state index in [1.165, 1.54) is 12.0 Å². The van der Waals surface area contributed by atoms with Gasteiger partial charge in [0.25, 0.3) is 0 Å². The van der Waals surface area contributed by atoms with Crippen molar-refractivity contribution in [3.63, 3.8) is 0 Å². The van der Waals surface area contributed by atoms with Gasteiger partial charge < -0.3 is 10.4 Å². The molecule has 4 aliphatic carbocycles. The zero-order valence-electron chi connectivity index (χ0n) is 17.0. The van der Waals surface area contributed by atoms with Gasteiger partial charge >= 0.3 is 0 Å². The largest absolute Gasteiger partial charge is 0.393 e. The molecule has 3 fully saturated rings. The molecule has 0 bridgehead atoms. The number of amides is 1. The Morgan fingerprint density at radius 3 is 2.74 bits per heavy atom. The first-order valence-electron chi connectivity index (χ1n) is 10.6. The number of fused-ring (bicyclic) bond motifs is 5. The number of carbonyl (C=O) groups excluding carboxylic acids is 2. The maximum atomic E-state index is 11.9. The minimum absolute atomic E-state index is 0.0285. The smallest absolute Gasteiger partial charge is 0.217 e. The molecule has 0 aromatic rings. The summed E-state index contributed by atoms with van der Waals surface area (Å²) < 4.78 is 0. The number of aliphatic hydroxyl groups excluding tert-OH is 1. The number of rotatable bonds is 2. The first-order chi connectivity index (χ1) is 12.7. The predicted octanol–water partition coefficient (Wildman–Crippen LogP) is 3.41. The van der Waals surface area contributed by atoms with Crippen LogP contribution in [0.2, 0.25) is 0 Å². The van der Waals surface area contributed by atoms with Gasteiger partial charge in [-0.2, -0.15) is 0 Å². The predicted molar refractivity (Wildman–Crippen MR) is 105 cm³/mol. The van der Waals surface area contributed by atoms with Crippen LogP contribution in [-0.4, -0.2) is 28.9 Å². The molecule has 8 atom stereocenters. The van der Waals surface area contributed by atoms with E-state index in [4.69, 9.17) is 0 Å². The minimum atomic E-state index is -0.368. The van der Waals surface area contributed by atoms with Crippen LogP contribution in [0.1, 0.15) is 59.8 Å². The average Bonchev–Trinajstić information content (AvgIpc) is 2.91. The molecule has 0 aromatic carbocycles. The summed E-state index contributed by atoms with van der Waals surface area (Å²) in [7, 11) is 0. The Morgan fingerprint density at radius 2 is 2.04 bits per heavy atom. The quantitative estimate of drug-likeness (QED) is 0.782. The van der Waals surface area contributed by atoms with Crippen LogP contribution in [0.4, 0.5) is 0 Å². The molecule has 0 heterocycles. The number of hydrogen-bond acceptors (Lipinski definition) is 3. The zero-order chi connectivity index (χ0) is 19.6. The van der Waals surface area contributed by atoms with Crippen molar-refractivity contribution in [2.75, 3.05) is 0 Å². The summed E-state index contributed by atoms with van der Waals surface area (Å²) in [5.74, 6) is 1.77. The standard InChI is InChI=1S/C23H33NO3/c1-13(24-14(2)25)18-7-8-19-17-6-5-15-11-16(26)9-10-22(15,3)21(17)20(27)12-23(18,19)4/h9-11,13,17-21,27H,5-8,12H2,1-4H3,(H,24,25)/t13?,17-,18+,19-,20-,21+,22-,23+/m0/s1. The van der Waals surface area contributed by atoms with E-state index < -0.39 is 0 Å². The molecule has 2 N–H and O–H groups in total. The lowest BCUT2D eigenvalue weighted by Crippen LogP contribution is -2.57. The van der Waals surface area contributed by atoms with Crippen LogP contribution in [-0.2, 0) is 9.59 Å². The first-order valence-corrected chi connectivity index (χ1v) is 10.6. The molecular weight excluding hydrogens is 338 g/mol. The number of hydrogen-bond donors (Lipinski definition) is 2. The van der Waals surface area contributed by atoms with Crippen LogP contribution in [0.25, 0.3) is 0 Å². The molecule has 148 valence electrons. The molecule has 0 aromatic heterocycles. The van der Waals surface area contributed by atoms with Gasteiger partial charge in [-0.15, -0.1) is 0 Å². The van der Waals surface area contributed by atoms with Crippen LogP contribution in [0.15, 0.2) is 23.8 Å². The van der Waals surface area contributed by atoms with Gasteiger partial charge in [0.05, 0.1) is 6.10 Å². The fourth-order valence-corrected chi connectivity index (χ4v) is 7.61. The molecule has 1 amide bonds. The Kier molecular flexibility index (Phi) is 4.41. The number of nitrogens with one attached hydrogen (secondary N) is 1. The van der Waals surface area contributed by atoms with Crippen molar-refractivity contribution in [1.82, 2.24) is 5.32 Å². The summed E-state index contributed by atoms with van der Waals surface area (Å²) in [6, 6.07) is 0.142. The maximum Gasteiger partial charge on any atom is 0.217 e. The van der Waals surface area contributed by atoms with Gasteiger partial charge in [-0.25, -0.2) is 0 Å². The molecule has 27 heavy (non-hydrogen) atoms. The third-order valence-electron chi connectivity index (χ3n) is 8.60. The molecule has 0 aliphatic heterocycles. The van der Waals surface area contributed by atoms with Gasteiger partial charge in [-0.1, -0.05) is 25.5 Å². The van der Waals surface area contributed by atoms with E-state index in [9.17, 15) is 14.7 Å². The molecule has 4 nitrogen and oxygen atoms in total. The lowest BCUT2D eigenvalue weighted by Gasteiger charge is -2.59. The molecule has 0 radical (unpaired) electrons. The Balaban J connectivity index is 1.66. The van der Waals surface area contributed by atoms with Crippen molar-refractivity contribution in [3.05, 3.63) is 23.8 Å². The number of allylic oxidation sites excluding steroid dienone is 4. The molecule has 4 aliphatic rings. The van der Waals surface area contributed by atoms with Crippen molar-refractivity contribution in [1.29, 1.82) is 0 Å². The lowest BCUT2D eigenvalue weighted by atomic mass is 9.46. The van der Waals surface area contributed by atoms with E-state index in [1.807, 2.05) is 6.08 Å². The second kappa shape index (κ2) is 6.30. The van der Waals surface area contributed by atoms with Crippen molar-refractivity contribution in [3.8, 4) is 0 Å². The fraction of sp³-hybridized carbons (Fsp3) is 0.739. The second-order valence-corrected chi connectivity index (χ2v) is 9.97. The van der Waals surface area contributed by atoms with Gasteiger partial charge in [0.1, 0.15) is 0 Å². The van der Waals surface area contributed by atoms with Crippen LogP contribution in [0.3, 0.4) is 0 Å². The van der Waals surface area contributed by atoms with Gasteiger partial charge in [0.15, 0.2) is 5.78 Å². The normalized spacial score (nSPS) is 46.8. The Bertz CT molecular complexity index is 725. The summed E-state index contributed by atoms with van der Waals surface area (Å²) in [5, 5.41) is 14.4. The van der Waals surface area contributed by atoms with Gasteiger partial charge in [0.2, 0.25) is 5.91 Å². The SMILES string of the molecule is CC(=O)NC(C)[C@H]1CC[C@H]2[C@@H]3CCC4=CC(=O)C=C[C@]4(C)[C@H]3[C@@H](O)C[C@]12C. The third kappa shape index (κ3) is 2.74. The summed E-state index contributed by atoms with van der Waals surface area (Å²) in [5.41, 5.74) is 1.08. The molecular formula is C23H33NO3. The van der Waals surface area contributed by atoms with E-state index in [-0.39, 0.29) is 40.6 Å². The van der Waals surface area contributed by atoms with Crippen LogP contribution in [0.5, 0.6) is 0 Å². The summed E-state index contributed by atoms with van der Waals surface area (Å²) in [4.78, 5) is 23.5. The number of carbonyl (C=O) groups is 2.